The highest BCUT2D eigenvalue weighted by atomic mass is 16.5. The second kappa shape index (κ2) is 9.83. The predicted molar refractivity (Wildman–Crippen MR) is 133 cm³/mol. The maximum Gasteiger partial charge on any atom is 0.302 e. The summed E-state index contributed by atoms with van der Waals surface area (Å²) in [4.78, 5) is 11.5. The first kappa shape index (κ1) is 24.3. The molecule has 182 valence electrons. The van der Waals surface area contributed by atoms with Gasteiger partial charge in [-0.1, -0.05) is 46.8 Å². The Balaban J connectivity index is 1.42. The first-order chi connectivity index (χ1) is 15.2. The van der Waals surface area contributed by atoms with Crippen LogP contribution in [-0.2, 0) is 9.53 Å². The van der Waals surface area contributed by atoms with Crippen LogP contribution in [0.1, 0.15) is 106 Å². The standard InChI is InChI=1S/C30H50O2/c1-7-22(19(2)3)9-8-20(4)28-14-15-29-27-12-10-23-18-24(32-21(5)31)11-13-25(23)26(27)16-17-30(28,29)6/h8-9,19-20,22-29H,7,10-18H2,1-6H3/b9-8+/t20-,22+,23-,24-,25-,26+,27+,28-,29+,30+/m0/s1. The number of allylic oxidation sites excluding steroid dienone is 2. The average molecular weight is 443 g/mol. The summed E-state index contributed by atoms with van der Waals surface area (Å²) in [6, 6.07) is 0. The number of carbonyl (C=O) groups excluding carboxylic acids is 1. The van der Waals surface area contributed by atoms with Crippen molar-refractivity contribution in [1.82, 2.24) is 0 Å². The van der Waals surface area contributed by atoms with E-state index in [0.29, 0.717) is 11.3 Å². The van der Waals surface area contributed by atoms with Crippen LogP contribution in [0, 0.1) is 58.7 Å². The van der Waals surface area contributed by atoms with Crippen LogP contribution in [-0.4, -0.2) is 12.1 Å². The van der Waals surface area contributed by atoms with Crippen molar-refractivity contribution in [2.45, 2.75) is 112 Å². The molecule has 2 heteroatoms. The van der Waals surface area contributed by atoms with Crippen molar-refractivity contribution in [2.24, 2.45) is 58.7 Å². The third-order valence-corrected chi connectivity index (χ3v) is 10.9. The molecule has 4 aliphatic carbocycles. The molecule has 0 heterocycles. The fraction of sp³-hybridized carbons (Fsp3) is 0.900. The van der Waals surface area contributed by atoms with Crippen LogP contribution in [0.3, 0.4) is 0 Å². The van der Waals surface area contributed by atoms with Crippen LogP contribution in [0.15, 0.2) is 12.2 Å². The van der Waals surface area contributed by atoms with Gasteiger partial charge in [-0.15, -0.1) is 0 Å². The predicted octanol–water partition coefficient (Wildman–Crippen LogP) is 8.06. The molecule has 32 heavy (non-hydrogen) atoms. The Morgan fingerprint density at radius 1 is 0.969 bits per heavy atom. The molecule has 0 aromatic heterocycles. The maximum absolute atomic E-state index is 11.5. The summed E-state index contributed by atoms with van der Waals surface area (Å²) in [5, 5.41) is 0. The molecule has 0 unspecified atom stereocenters. The molecule has 0 saturated heterocycles. The zero-order valence-corrected chi connectivity index (χ0v) is 21.8. The molecule has 0 aromatic carbocycles. The SMILES string of the molecule is CC[C@H](/C=C/[C@H](C)[C@@H]1CC[C@@H]2[C@@H]3CC[C@H]4C[C@@H](OC(C)=O)CC[C@@H]4[C@H]3CC[C@@]21C)C(C)C. The molecule has 0 aliphatic heterocycles. The molecule has 0 aromatic rings. The molecule has 0 spiro atoms. The van der Waals surface area contributed by atoms with Gasteiger partial charge in [0, 0.05) is 6.92 Å². The van der Waals surface area contributed by atoms with Gasteiger partial charge in [0.1, 0.15) is 6.10 Å². The van der Waals surface area contributed by atoms with Crippen molar-refractivity contribution in [2.75, 3.05) is 0 Å². The van der Waals surface area contributed by atoms with Crippen molar-refractivity contribution in [3.05, 3.63) is 12.2 Å². The molecular weight excluding hydrogens is 392 g/mol. The lowest BCUT2D eigenvalue weighted by molar-refractivity contribution is -0.152. The molecule has 10 atom stereocenters. The van der Waals surface area contributed by atoms with Gasteiger partial charge >= 0.3 is 5.97 Å². The molecule has 0 bridgehead atoms. The quantitative estimate of drug-likeness (QED) is 0.307. The molecule has 2 nitrogen and oxygen atoms in total. The highest BCUT2D eigenvalue weighted by Crippen LogP contribution is 2.65. The lowest BCUT2D eigenvalue weighted by atomic mass is 9.49. The van der Waals surface area contributed by atoms with E-state index in [0.717, 1.165) is 60.2 Å². The summed E-state index contributed by atoms with van der Waals surface area (Å²) < 4.78 is 5.62. The van der Waals surface area contributed by atoms with E-state index in [-0.39, 0.29) is 12.1 Å². The number of rotatable bonds is 6. The molecule has 0 N–H and O–H groups in total. The van der Waals surface area contributed by atoms with Gasteiger partial charge in [0.25, 0.3) is 0 Å². The lowest BCUT2D eigenvalue weighted by Crippen LogP contribution is -2.49. The highest BCUT2D eigenvalue weighted by Gasteiger charge is 2.57. The number of esters is 1. The van der Waals surface area contributed by atoms with Crippen LogP contribution in [0.5, 0.6) is 0 Å². The van der Waals surface area contributed by atoms with E-state index in [2.05, 4.69) is 46.8 Å². The van der Waals surface area contributed by atoms with Gasteiger partial charge in [-0.25, -0.2) is 0 Å². The van der Waals surface area contributed by atoms with Crippen LogP contribution in [0.2, 0.25) is 0 Å². The van der Waals surface area contributed by atoms with E-state index in [1.807, 2.05) is 0 Å². The van der Waals surface area contributed by atoms with Gasteiger partial charge in [0.2, 0.25) is 0 Å². The number of fused-ring (bicyclic) bond motifs is 5. The van der Waals surface area contributed by atoms with E-state index >= 15 is 0 Å². The minimum Gasteiger partial charge on any atom is -0.463 e. The Morgan fingerprint density at radius 2 is 1.72 bits per heavy atom. The van der Waals surface area contributed by atoms with Crippen LogP contribution >= 0.6 is 0 Å². The van der Waals surface area contributed by atoms with Gasteiger partial charge in [0.05, 0.1) is 0 Å². The second-order valence-corrected chi connectivity index (χ2v) is 12.8. The summed E-state index contributed by atoms with van der Waals surface area (Å²) >= 11 is 0. The molecule has 4 saturated carbocycles. The molecule has 0 amide bonds. The zero-order valence-electron chi connectivity index (χ0n) is 21.8. The van der Waals surface area contributed by atoms with E-state index in [1.54, 1.807) is 6.92 Å². The molecule has 4 rings (SSSR count). The Morgan fingerprint density at radius 3 is 2.41 bits per heavy atom. The lowest BCUT2D eigenvalue weighted by Gasteiger charge is -2.56. The van der Waals surface area contributed by atoms with Crippen LogP contribution in [0.4, 0.5) is 0 Å². The van der Waals surface area contributed by atoms with E-state index in [1.165, 1.54) is 51.4 Å². The van der Waals surface area contributed by atoms with Crippen LogP contribution in [0.25, 0.3) is 0 Å². The maximum atomic E-state index is 11.5. The van der Waals surface area contributed by atoms with E-state index < -0.39 is 0 Å². The van der Waals surface area contributed by atoms with Gasteiger partial charge < -0.3 is 4.74 Å². The van der Waals surface area contributed by atoms with Crippen molar-refractivity contribution < 1.29 is 9.53 Å². The molecular formula is C30H50O2. The van der Waals surface area contributed by atoms with Crippen molar-refractivity contribution in [3.63, 3.8) is 0 Å². The third-order valence-electron chi connectivity index (χ3n) is 10.9. The minimum absolute atomic E-state index is 0.0885. The van der Waals surface area contributed by atoms with E-state index in [4.69, 9.17) is 4.74 Å². The second-order valence-electron chi connectivity index (χ2n) is 12.8. The van der Waals surface area contributed by atoms with Gasteiger partial charge in [-0.3, -0.25) is 4.79 Å². The highest BCUT2D eigenvalue weighted by molar-refractivity contribution is 5.66. The first-order valence-corrected chi connectivity index (χ1v) is 14.1. The first-order valence-electron chi connectivity index (χ1n) is 14.1. The van der Waals surface area contributed by atoms with Crippen LogP contribution < -0.4 is 0 Å². The topological polar surface area (TPSA) is 26.3 Å². The number of carbonyl (C=O) groups is 1. The molecule has 0 radical (unpaired) electrons. The number of hydrogen-bond donors (Lipinski definition) is 0. The van der Waals surface area contributed by atoms with Crippen molar-refractivity contribution in [3.8, 4) is 0 Å². The zero-order chi connectivity index (χ0) is 23.0. The Labute approximate surface area is 198 Å². The smallest absolute Gasteiger partial charge is 0.302 e. The Bertz CT molecular complexity index is 680. The minimum atomic E-state index is -0.0885. The summed E-state index contributed by atoms with van der Waals surface area (Å²) in [6.07, 6.45) is 18.8. The summed E-state index contributed by atoms with van der Waals surface area (Å²) in [5.74, 6) is 7.53. The summed E-state index contributed by atoms with van der Waals surface area (Å²) in [5.41, 5.74) is 0.548. The van der Waals surface area contributed by atoms with E-state index in [9.17, 15) is 4.79 Å². The fourth-order valence-corrected chi connectivity index (χ4v) is 9.34. The van der Waals surface area contributed by atoms with Gasteiger partial charge in [0.15, 0.2) is 0 Å². The number of ether oxygens (including phenoxy) is 1. The fourth-order valence-electron chi connectivity index (χ4n) is 9.34. The molecule has 4 fully saturated rings. The summed E-state index contributed by atoms with van der Waals surface area (Å²) in [6.45, 7) is 13.8. The monoisotopic (exact) mass is 442 g/mol. The summed E-state index contributed by atoms with van der Waals surface area (Å²) in [7, 11) is 0. The van der Waals surface area contributed by atoms with Gasteiger partial charge in [-0.2, -0.15) is 0 Å². The Hall–Kier alpha value is -0.790. The van der Waals surface area contributed by atoms with Crippen molar-refractivity contribution >= 4 is 5.97 Å². The number of hydrogen-bond acceptors (Lipinski definition) is 2. The average Bonchev–Trinajstić information content (AvgIpc) is 3.10. The Kier molecular flexibility index (Phi) is 7.48. The van der Waals surface area contributed by atoms with Crippen molar-refractivity contribution in [1.29, 1.82) is 0 Å². The molecule has 4 aliphatic rings. The largest absolute Gasteiger partial charge is 0.463 e. The normalized spacial score (nSPS) is 43.4. The third kappa shape index (κ3) is 4.58. The van der Waals surface area contributed by atoms with Gasteiger partial charge in [-0.05, 0) is 123 Å².